The van der Waals surface area contributed by atoms with Crippen LogP contribution in [0.1, 0.15) is 11.1 Å². The van der Waals surface area contributed by atoms with Gasteiger partial charge in [0, 0.05) is 21.7 Å². The van der Waals surface area contributed by atoms with Crippen molar-refractivity contribution in [2.45, 2.75) is 0 Å². The van der Waals surface area contributed by atoms with Crippen molar-refractivity contribution < 1.29 is 19.0 Å². The zero-order chi connectivity index (χ0) is 18.5. The van der Waals surface area contributed by atoms with Crippen molar-refractivity contribution in [3.05, 3.63) is 69.8 Å². The predicted octanol–water partition coefficient (Wildman–Crippen LogP) is 4.48. The Kier molecular flexibility index (Phi) is 5.53. The Morgan fingerprint density at radius 1 is 1.00 bits per heavy atom. The quantitative estimate of drug-likeness (QED) is 0.535. The summed E-state index contributed by atoms with van der Waals surface area (Å²) in [5.41, 5.74) is 1.80. The molecule has 5 nitrogen and oxygen atoms in total. The SMILES string of the molecule is COc1ccccc1/C=C/C1=NC(=C/c2cc(Br)ccc2OC)/C(=O)O1. The highest BCUT2D eigenvalue weighted by atomic mass is 79.9. The second kappa shape index (κ2) is 8.01. The Bertz CT molecular complexity index is 931. The Hall–Kier alpha value is -2.86. The number of para-hydroxylation sites is 1. The number of aliphatic imine (C=N–C) groups is 1. The lowest BCUT2D eigenvalue weighted by atomic mass is 10.1. The largest absolute Gasteiger partial charge is 0.496 e. The third-order valence-electron chi connectivity index (χ3n) is 3.67. The second-order valence-electron chi connectivity index (χ2n) is 5.33. The summed E-state index contributed by atoms with van der Waals surface area (Å²) in [6.07, 6.45) is 5.05. The zero-order valence-corrected chi connectivity index (χ0v) is 15.8. The molecule has 0 unspecified atom stereocenters. The van der Waals surface area contributed by atoms with Crippen molar-refractivity contribution in [2.24, 2.45) is 4.99 Å². The van der Waals surface area contributed by atoms with Crippen LogP contribution >= 0.6 is 15.9 Å². The molecule has 2 aromatic carbocycles. The lowest BCUT2D eigenvalue weighted by Gasteiger charge is -2.04. The van der Waals surface area contributed by atoms with Crippen molar-refractivity contribution in [3.8, 4) is 11.5 Å². The topological polar surface area (TPSA) is 57.1 Å². The van der Waals surface area contributed by atoms with E-state index >= 15 is 0 Å². The average Bonchev–Trinajstić information content (AvgIpc) is 3.00. The molecular weight excluding hydrogens is 398 g/mol. The predicted molar refractivity (Wildman–Crippen MR) is 104 cm³/mol. The minimum absolute atomic E-state index is 0.209. The van der Waals surface area contributed by atoms with E-state index in [1.54, 1.807) is 32.4 Å². The molecule has 1 aliphatic heterocycles. The third-order valence-corrected chi connectivity index (χ3v) is 4.16. The Morgan fingerprint density at radius 3 is 2.50 bits per heavy atom. The number of esters is 1. The van der Waals surface area contributed by atoms with Crippen LogP contribution in [-0.2, 0) is 9.53 Å². The number of cyclic esters (lactones) is 1. The van der Waals surface area contributed by atoms with Gasteiger partial charge >= 0.3 is 5.97 Å². The number of benzene rings is 2. The van der Waals surface area contributed by atoms with Crippen LogP contribution in [0.3, 0.4) is 0 Å². The molecule has 0 atom stereocenters. The molecule has 0 bridgehead atoms. The summed E-state index contributed by atoms with van der Waals surface area (Å²) in [7, 11) is 3.18. The smallest absolute Gasteiger partial charge is 0.363 e. The third kappa shape index (κ3) is 4.03. The first kappa shape index (κ1) is 17.9. The fourth-order valence-electron chi connectivity index (χ4n) is 2.43. The van der Waals surface area contributed by atoms with Crippen LogP contribution < -0.4 is 9.47 Å². The lowest BCUT2D eigenvalue weighted by molar-refractivity contribution is -0.129. The van der Waals surface area contributed by atoms with Gasteiger partial charge < -0.3 is 14.2 Å². The normalized spacial score (nSPS) is 15.3. The molecule has 0 radical (unpaired) electrons. The van der Waals surface area contributed by atoms with Gasteiger partial charge in [-0.3, -0.25) is 0 Å². The monoisotopic (exact) mass is 413 g/mol. The maximum atomic E-state index is 12.1. The first-order valence-electron chi connectivity index (χ1n) is 7.78. The Morgan fingerprint density at radius 2 is 1.73 bits per heavy atom. The second-order valence-corrected chi connectivity index (χ2v) is 6.25. The molecule has 1 aliphatic rings. The minimum Gasteiger partial charge on any atom is -0.496 e. The van der Waals surface area contributed by atoms with E-state index in [-0.39, 0.29) is 11.6 Å². The van der Waals surface area contributed by atoms with E-state index in [9.17, 15) is 4.79 Å². The van der Waals surface area contributed by atoms with E-state index in [1.165, 1.54) is 0 Å². The summed E-state index contributed by atoms with van der Waals surface area (Å²) in [4.78, 5) is 16.3. The Labute approximate surface area is 159 Å². The van der Waals surface area contributed by atoms with Gasteiger partial charge in [0.15, 0.2) is 5.70 Å². The molecule has 0 aliphatic carbocycles. The molecule has 0 amide bonds. The molecule has 0 aromatic heterocycles. The summed E-state index contributed by atoms with van der Waals surface area (Å²) in [6, 6.07) is 13.0. The van der Waals surface area contributed by atoms with E-state index < -0.39 is 5.97 Å². The first-order valence-corrected chi connectivity index (χ1v) is 8.57. The lowest BCUT2D eigenvalue weighted by Crippen LogP contribution is -2.01. The van der Waals surface area contributed by atoms with Crippen LogP contribution in [0.2, 0.25) is 0 Å². The number of hydrogen-bond donors (Lipinski definition) is 0. The van der Waals surface area contributed by atoms with Gasteiger partial charge in [0.25, 0.3) is 0 Å². The molecular formula is C20H16BrNO4. The highest BCUT2D eigenvalue weighted by Crippen LogP contribution is 2.27. The van der Waals surface area contributed by atoms with Crippen molar-refractivity contribution in [3.63, 3.8) is 0 Å². The van der Waals surface area contributed by atoms with Gasteiger partial charge in [-0.05, 0) is 36.4 Å². The first-order chi connectivity index (χ1) is 12.6. The van der Waals surface area contributed by atoms with Gasteiger partial charge in [0.2, 0.25) is 5.90 Å². The Balaban J connectivity index is 1.88. The number of methoxy groups -OCH3 is 2. The molecule has 3 rings (SSSR count). The summed E-state index contributed by atoms with van der Waals surface area (Å²) in [5.74, 6) is 1.08. The van der Waals surface area contributed by atoms with Gasteiger partial charge in [0.1, 0.15) is 11.5 Å². The number of halogens is 1. The molecule has 2 aromatic rings. The van der Waals surface area contributed by atoms with Gasteiger partial charge in [-0.1, -0.05) is 34.1 Å². The molecule has 0 fully saturated rings. The number of nitrogens with zero attached hydrogens (tertiary/aromatic N) is 1. The van der Waals surface area contributed by atoms with Gasteiger partial charge in [-0.2, -0.15) is 0 Å². The minimum atomic E-state index is -0.508. The number of ether oxygens (including phenoxy) is 3. The van der Waals surface area contributed by atoms with Crippen LogP contribution in [0.4, 0.5) is 0 Å². The van der Waals surface area contributed by atoms with Crippen LogP contribution in [0.5, 0.6) is 11.5 Å². The molecule has 0 spiro atoms. The average molecular weight is 414 g/mol. The summed E-state index contributed by atoms with van der Waals surface area (Å²) < 4.78 is 16.7. The maximum absolute atomic E-state index is 12.1. The molecule has 1 heterocycles. The number of carbonyl (C=O) groups is 1. The van der Waals surface area contributed by atoms with E-state index in [0.717, 1.165) is 21.3 Å². The van der Waals surface area contributed by atoms with E-state index in [2.05, 4.69) is 20.9 Å². The van der Waals surface area contributed by atoms with Crippen LogP contribution in [0.15, 0.2) is 63.7 Å². The van der Waals surface area contributed by atoms with E-state index in [4.69, 9.17) is 14.2 Å². The zero-order valence-electron chi connectivity index (χ0n) is 14.2. The summed E-state index contributed by atoms with van der Waals surface area (Å²) in [5, 5.41) is 0. The van der Waals surface area contributed by atoms with Crippen LogP contribution in [-0.4, -0.2) is 26.1 Å². The fraction of sp³-hybridized carbons (Fsp3) is 0.100. The summed E-state index contributed by atoms with van der Waals surface area (Å²) >= 11 is 3.41. The van der Waals surface area contributed by atoms with Crippen molar-refractivity contribution >= 4 is 39.9 Å². The highest BCUT2D eigenvalue weighted by Gasteiger charge is 2.21. The maximum Gasteiger partial charge on any atom is 0.363 e. The molecule has 6 heteroatoms. The van der Waals surface area contributed by atoms with E-state index in [0.29, 0.717) is 5.75 Å². The number of carbonyl (C=O) groups excluding carboxylic acids is 1. The standard InChI is InChI=1S/C20H16BrNO4/c1-24-17-6-4-3-5-13(17)7-10-19-22-16(20(23)26-19)12-14-11-15(21)8-9-18(14)25-2/h3-12H,1-2H3/b10-7+,16-12+. The fourth-order valence-corrected chi connectivity index (χ4v) is 2.81. The summed E-state index contributed by atoms with van der Waals surface area (Å²) in [6.45, 7) is 0. The molecule has 132 valence electrons. The molecule has 26 heavy (non-hydrogen) atoms. The number of rotatable bonds is 5. The van der Waals surface area contributed by atoms with Crippen molar-refractivity contribution in [1.29, 1.82) is 0 Å². The van der Waals surface area contributed by atoms with Crippen molar-refractivity contribution in [1.82, 2.24) is 0 Å². The van der Waals surface area contributed by atoms with Gasteiger partial charge in [-0.15, -0.1) is 0 Å². The highest BCUT2D eigenvalue weighted by molar-refractivity contribution is 9.10. The van der Waals surface area contributed by atoms with Gasteiger partial charge in [0.05, 0.1) is 14.2 Å². The van der Waals surface area contributed by atoms with Gasteiger partial charge in [-0.25, -0.2) is 9.79 Å². The van der Waals surface area contributed by atoms with Crippen LogP contribution in [0.25, 0.3) is 12.2 Å². The van der Waals surface area contributed by atoms with Crippen LogP contribution in [0, 0.1) is 0 Å². The molecule has 0 saturated heterocycles. The number of hydrogen-bond acceptors (Lipinski definition) is 5. The van der Waals surface area contributed by atoms with E-state index in [1.807, 2.05) is 42.5 Å². The van der Waals surface area contributed by atoms with Crippen molar-refractivity contribution in [2.75, 3.05) is 14.2 Å². The molecule has 0 saturated carbocycles. The molecule has 0 N–H and O–H groups in total.